The van der Waals surface area contributed by atoms with Crippen molar-refractivity contribution in [3.63, 3.8) is 0 Å². The molecule has 306 valence electrons. The van der Waals surface area contributed by atoms with E-state index in [-0.39, 0.29) is 11.6 Å². The molecule has 2 amide bonds. The molecule has 60 heavy (non-hydrogen) atoms. The van der Waals surface area contributed by atoms with Gasteiger partial charge in [0.25, 0.3) is 0 Å². The summed E-state index contributed by atoms with van der Waals surface area (Å²) >= 11 is 0. The molecule has 2 fully saturated rings. The van der Waals surface area contributed by atoms with Crippen LogP contribution in [0.3, 0.4) is 0 Å². The predicted octanol–water partition coefficient (Wildman–Crippen LogP) is 11.0. The third-order valence-corrected chi connectivity index (χ3v) is 12.9. The van der Waals surface area contributed by atoms with Gasteiger partial charge in [0, 0.05) is 45.6 Å². The van der Waals surface area contributed by atoms with E-state index in [4.69, 9.17) is 20.4 Å². The van der Waals surface area contributed by atoms with E-state index >= 15 is 0 Å². The number of ether oxygens (including phenoxy) is 1. The minimum atomic E-state index is -0.412. The number of nitrogens with zero attached hydrogens (tertiary/aromatic N) is 4. The van der Waals surface area contributed by atoms with Crippen LogP contribution >= 0.6 is 0 Å². The summed E-state index contributed by atoms with van der Waals surface area (Å²) in [6.07, 6.45) is 11.3. The molecule has 1 aliphatic carbocycles. The Kier molecular flexibility index (Phi) is 9.83. The van der Waals surface area contributed by atoms with E-state index in [9.17, 15) is 4.79 Å². The summed E-state index contributed by atoms with van der Waals surface area (Å²) in [5, 5.41) is 4.80. The second kappa shape index (κ2) is 15.5. The van der Waals surface area contributed by atoms with Gasteiger partial charge >= 0.3 is 6.03 Å². The number of hydrogen-bond donors (Lipinski definition) is 4. The second-order valence-corrected chi connectivity index (χ2v) is 18.0. The summed E-state index contributed by atoms with van der Waals surface area (Å²) in [4.78, 5) is 30.8. The lowest BCUT2D eigenvalue weighted by atomic mass is 9.91. The van der Waals surface area contributed by atoms with Gasteiger partial charge in [0.1, 0.15) is 17.4 Å². The van der Waals surface area contributed by atoms with Crippen LogP contribution in [-0.4, -0.2) is 54.1 Å². The van der Waals surface area contributed by atoms with E-state index in [1.54, 1.807) is 4.90 Å². The number of imidazole rings is 2. The highest BCUT2D eigenvalue weighted by molar-refractivity contribution is 5.92. The Labute approximate surface area is 351 Å². The zero-order valence-corrected chi connectivity index (χ0v) is 34.7. The summed E-state index contributed by atoms with van der Waals surface area (Å²) in [5.74, 6) is 3.82. The zero-order chi connectivity index (χ0) is 41.0. The third-order valence-electron chi connectivity index (χ3n) is 12.9. The number of nitrogens with one attached hydrogen (secondary N) is 3. The Hall–Kier alpha value is -6.13. The van der Waals surface area contributed by atoms with Crippen LogP contribution in [-0.2, 0) is 0 Å². The van der Waals surface area contributed by atoms with Gasteiger partial charge in [-0.25, -0.2) is 14.8 Å². The molecule has 10 heteroatoms. The fourth-order valence-electron chi connectivity index (χ4n) is 9.96. The molecule has 3 aliphatic rings. The molecule has 10 rings (SSSR count). The topological polar surface area (TPSA) is 130 Å². The molecule has 0 bridgehead atoms. The fourth-order valence-corrected chi connectivity index (χ4v) is 9.96. The second-order valence-electron chi connectivity index (χ2n) is 18.0. The number of likely N-dealkylation sites (tertiary alicyclic amines) is 1. The van der Waals surface area contributed by atoms with Gasteiger partial charge in [-0.15, -0.1) is 0 Å². The van der Waals surface area contributed by atoms with Gasteiger partial charge in [-0.05, 0) is 119 Å². The van der Waals surface area contributed by atoms with Crippen LogP contribution in [0.5, 0.6) is 5.75 Å². The fraction of sp³-hybridized carbons (Fsp3) is 0.340. The van der Waals surface area contributed by atoms with Crippen LogP contribution in [0.15, 0.2) is 109 Å². The molecular formula is C50H54N8O2. The number of carbonyl (C=O) groups excluding carboxylic acids is 1. The van der Waals surface area contributed by atoms with E-state index in [0.717, 1.165) is 98.2 Å². The van der Waals surface area contributed by atoms with Crippen molar-refractivity contribution in [2.75, 3.05) is 13.1 Å². The number of urea groups is 1. The van der Waals surface area contributed by atoms with Crippen molar-refractivity contribution in [1.82, 2.24) is 34.7 Å². The lowest BCUT2D eigenvalue weighted by Gasteiger charge is -2.31. The molecule has 0 spiro atoms. The molecule has 5 N–H and O–H groups in total. The first-order valence-corrected chi connectivity index (χ1v) is 21.7. The van der Waals surface area contributed by atoms with E-state index in [2.05, 4.69) is 132 Å². The number of H-pyrrole nitrogens is 2. The van der Waals surface area contributed by atoms with Gasteiger partial charge in [0.05, 0.1) is 41.0 Å². The number of benzene rings is 4. The first-order chi connectivity index (χ1) is 29.2. The summed E-state index contributed by atoms with van der Waals surface area (Å²) in [5.41, 5.74) is 16.4. The molecule has 1 saturated carbocycles. The van der Waals surface area contributed by atoms with Crippen molar-refractivity contribution in [2.45, 2.75) is 89.4 Å². The molecule has 3 aromatic heterocycles. The van der Waals surface area contributed by atoms with Crippen LogP contribution in [0.25, 0.3) is 55.8 Å². The van der Waals surface area contributed by atoms with Crippen LogP contribution in [0.2, 0.25) is 0 Å². The minimum Gasteiger partial charge on any atom is -0.465 e. The maximum absolute atomic E-state index is 12.1. The Balaban J connectivity index is 0.991. The molecule has 4 aromatic carbocycles. The average Bonchev–Trinajstić information content (AvgIpc) is 4.11. The van der Waals surface area contributed by atoms with E-state index in [0.29, 0.717) is 18.4 Å². The highest BCUT2D eigenvalue weighted by Crippen LogP contribution is 2.47. The molecule has 2 aliphatic heterocycles. The first-order valence-electron chi connectivity index (χ1n) is 21.7. The molecule has 4 atom stereocenters. The van der Waals surface area contributed by atoms with Crippen molar-refractivity contribution >= 4 is 16.9 Å². The van der Waals surface area contributed by atoms with Gasteiger partial charge in [-0.1, -0.05) is 67.1 Å². The average molecular weight is 799 g/mol. The number of fused-ring (bicyclic) bond motifs is 5. The predicted molar refractivity (Wildman–Crippen MR) is 239 cm³/mol. The normalized spacial score (nSPS) is 20.0. The number of carbonyl (C=O) groups is 1. The van der Waals surface area contributed by atoms with E-state index < -0.39 is 12.3 Å². The van der Waals surface area contributed by atoms with Crippen molar-refractivity contribution in [1.29, 1.82) is 0 Å². The smallest absolute Gasteiger partial charge is 0.315 e. The number of aromatic nitrogens is 5. The number of hydrogen-bond acceptors (Lipinski definition) is 5. The zero-order valence-electron chi connectivity index (χ0n) is 34.7. The number of aromatic amines is 2. The molecule has 0 radical (unpaired) electrons. The number of rotatable bonds is 10. The SMILES string of the molecule is CC(C)(C)NCCCC1CCC[C@H]1c1ncc(-c2ccc3c(c2)cc2n3C(c3cccc(-c4ccccc4)c3)Oc3cc(-c4cnc([C@@H]5CCCN5C(N)=O)[nH]4)ccc3-2)[nH]1. The summed E-state index contributed by atoms with van der Waals surface area (Å²) in [6, 6.07) is 34.0. The molecule has 5 heterocycles. The number of nitrogens with two attached hydrogens (primary N) is 1. The van der Waals surface area contributed by atoms with Crippen LogP contribution in [0.1, 0.15) is 101 Å². The van der Waals surface area contributed by atoms with E-state index in [1.807, 2.05) is 18.5 Å². The van der Waals surface area contributed by atoms with E-state index in [1.165, 1.54) is 32.1 Å². The van der Waals surface area contributed by atoms with Gasteiger partial charge in [-0.2, -0.15) is 0 Å². The largest absolute Gasteiger partial charge is 0.465 e. The summed E-state index contributed by atoms with van der Waals surface area (Å²) < 4.78 is 9.44. The first kappa shape index (κ1) is 38.1. The Morgan fingerprint density at radius 2 is 1.58 bits per heavy atom. The maximum Gasteiger partial charge on any atom is 0.315 e. The van der Waals surface area contributed by atoms with Crippen molar-refractivity contribution in [3.05, 3.63) is 127 Å². The van der Waals surface area contributed by atoms with Gasteiger partial charge in [-0.3, -0.25) is 0 Å². The molecule has 7 aromatic rings. The highest BCUT2D eigenvalue weighted by atomic mass is 16.5. The molecule has 1 saturated heterocycles. The molecule has 2 unspecified atom stereocenters. The van der Waals surface area contributed by atoms with Crippen molar-refractivity contribution < 1.29 is 9.53 Å². The van der Waals surface area contributed by atoms with Crippen LogP contribution in [0.4, 0.5) is 4.79 Å². The summed E-state index contributed by atoms with van der Waals surface area (Å²) in [7, 11) is 0. The van der Waals surface area contributed by atoms with Crippen molar-refractivity contribution in [3.8, 4) is 50.6 Å². The highest BCUT2D eigenvalue weighted by Gasteiger charge is 2.33. The Bertz CT molecular complexity index is 2670. The molecule has 10 nitrogen and oxygen atoms in total. The van der Waals surface area contributed by atoms with Gasteiger partial charge in [0.15, 0.2) is 0 Å². The number of amides is 2. The van der Waals surface area contributed by atoms with Crippen LogP contribution in [0, 0.1) is 5.92 Å². The van der Waals surface area contributed by atoms with Crippen LogP contribution < -0.4 is 15.8 Å². The number of primary amides is 1. The minimum absolute atomic E-state index is 0.147. The quantitative estimate of drug-likeness (QED) is 0.102. The maximum atomic E-state index is 12.1. The lowest BCUT2D eigenvalue weighted by Crippen LogP contribution is -2.36. The standard InChI is InChI=1S/C50H54N8O2/c1-50(2,3)54-23-9-16-32-13-8-17-38(32)46-52-29-40(55-46)34-20-22-42-37(26-34)27-44-39-21-19-35(41-30-53-47(56-41)43-18-10-24-57(43)49(51)59)28-45(39)60-48(58(42)44)36-15-7-14-33(25-36)31-11-5-4-6-12-31/h4-7,11-12,14-15,19-22,25-30,32,38,43,48,54H,8-10,13,16-18,23-24H2,1-3H3,(H2,51,59)(H,52,55)(H,53,56)/t32?,38-,43+,48?/m1/s1. The lowest BCUT2D eigenvalue weighted by molar-refractivity contribution is 0.173. The van der Waals surface area contributed by atoms with Gasteiger partial charge in [0.2, 0.25) is 6.23 Å². The Morgan fingerprint density at radius 3 is 2.40 bits per heavy atom. The monoisotopic (exact) mass is 798 g/mol. The Morgan fingerprint density at radius 1 is 0.817 bits per heavy atom. The molecular weight excluding hydrogens is 745 g/mol. The summed E-state index contributed by atoms with van der Waals surface area (Å²) in [6.45, 7) is 8.41. The van der Waals surface area contributed by atoms with Gasteiger partial charge < -0.3 is 35.2 Å². The third kappa shape index (κ3) is 7.27. The van der Waals surface area contributed by atoms with Crippen molar-refractivity contribution in [2.24, 2.45) is 11.7 Å².